The Balaban J connectivity index is 2.88. The predicted octanol–water partition coefficient (Wildman–Crippen LogP) is 1.95. The van der Waals surface area contributed by atoms with Gasteiger partial charge in [0, 0.05) is 12.6 Å². The Kier molecular flexibility index (Phi) is 4.52. The van der Waals surface area contributed by atoms with E-state index in [-0.39, 0.29) is 0 Å². The van der Waals surface area contributed by atoms with Crippen LogP contribution in [0.15, 0.2) is 0 Å². The fraction of sp³-hybridized carbons (Fsp3) is 0.900. The lowest BCUT2D eigenvalue weighted by atomic mass is 10.1. The quantitative estimate of drug-likeness (QED) is 0.797. The molecule has 1 rings (SSSR count). The van der Waals surface area contributed by atoms with E-state index < -0.39 is 37.2 Å². The first-order valence-electron chi connectivity index (χ1n) is 5.58. The van der Waals surface area contributed by atoms with Gasteiger partial charge in [-0.2, -0.15) is 22.0 Å². The molecule has 0 aromatic carbocycles. The van der Waals surface area contributed by atoms with Crippen LogP contribution in [0.25, 0.3) is 0 Å². The van der Waals surface area contributed by atoms with E-state index in [1.54, 1.807) is 0 Å². The number of amides is 1. The van der Waals surface area contributed by atoms with E-state index in [9.17, 15) is 26.7 Å². The van der Waals surface area contributed by atoms with Crippen LogP contribution in [-0.4, -0.2) is 47.2 Å². The first-order chi connectivity index (χ1) is 8.21. The highest BCUT2D eigenvalue weighted by Gasteiger charge is 2.65. The molecule has 1 fully saturated rings. The lowest BCUT2D eigenvalue weighted by Crippen LogP contribution is -2.55. The average Bonchev–Trinajstić information content (AvgIpc) is 2.76. The van der Waals surface area contributed by atoms with Crippen LogP contribution >= 0.6 is 0 Å². The van der Waals surface area contributed by atoms with Crippen LogP contribution in [0.2, 0.25) is 0 Å². The Morgan fingerprint density at radius 3 is 2.06 bits per heavy atom. The molecule has 18 heavy (non-hydrogen) atoms. The van der Waals surface area contributed by atoms with Crippen molar-refractivity contribution < 1.29 is 31.9 Å². The summed E-state index contributed by atoms with van der Waals surface area (Å²) in [5.41, 5.74) is 0. The van der Waals surface area contributed by atoms with Crippen molar-refractivity contribution >= 4 is 5.91 Å². The van der Waals surface area contributed by atoms with E-state index in [4.69, 9.17) is 5.11 Å². The van der Waals surface area contributed by atoms with Crippen molar-refractivity contribution in [3.05, 3.63) is 0 Å². The van der Waals surface area contributed by atoms with Crippen molar-refractivity contribution in [1.29, 1.82) is 0 Å². The van der Waals surface area contributed by atoms with Crippen molar-refractivity contribution in [2.24, 2.45) is 0 Å². The number of halogens is 5. The Hall–Kier alpha value is -0.920. The fourth-order valence-corrected chi connectivity index (χ4v) is 2.08. The summed E-state index contributed by atoms with van der Waals surface area (Å²) >= 11 is 0. The smallest absolute Gasteiger partial charge is 0.395 e. The van der Waals surface area contributed by atoms with Gasteiger partial charge in [0.2, 0.25) is 0 Å². The molecule has 106 valence electrons. The molecule has 0 atom stereocenters. The number of nitrogens with zero attached hydrogens (tertiary/aromatic N) is 1. The largest absolute Gasteiger partial charge is 0.463 e. The van der Waals surface area contributed by atoms with Crippen molar-refractivity contribution in [2.45, 2.75) is 43.8 Å². The molecule has 1 N–H and O–H groups in total. The number of aliphatic hydroxyl groups excluding tert-OH is 1. The number of hydrogen-bond donors (Lipinski definition) is 1. The van der Waals surface area contributed by atoms with Crippen LogP contribution in [0.5, 0.6) is 0 Å². The van der Waals surface area contributed by atoms with Crippen LogP contribution in [-0.2, 0) is 4.79 Å². The Bertz CT molecular complexity index is 299. The highest BCUT2D eigenvalue weighted by Crippen LogP contribution is 2.38. The summed E-state index contributed by atoms with van der Waals surface area (Å²) in [5, 5.41) is 8.69. The molecule has 1 aliphatic carbocycles. The van der Waals surface area contributed by atoms with Gasteiger partial charge in [0.25, 0.3) is 0 Å². The third-order valence-corrected chi connectivity index (χ3v) is 2.99. The van der Waals surface area contributed by atoms with Crippen LogP contribution in [0.1, 0.15) is 25.7 Å². The fourth-order valence-electron chi connectivity index (χ4n) is 2.08. The van der Waals surface area contributed by atoms with Gasteiger partial charge < -0.3 is 10.0 Å². The van der Waals surface area contributed by atoms with Crippen molar-refractivity contribution in [3.63, 3.8) is 0 Å². The number of hydrogen-bond acceptors (Lipinski definition) is 2. The van der Waals surface area contributed by atoms with Gasteiger partial charge in [-0.1, -0.05) is 12.8 Å². The maximum Gasteiger partial charge on any atom is 0.463 e. The summed E-state index contributed by atoms with van der Waals surface area (Å²) in [4.78, 5) is 11.8. The summed E-state index contributed by atoms with van der Waals surface area (Å²) in [6.45, 7) is -1.15. The number of carbonyl (C=O) groups excluding carboxylic acids is 1. The molecule has 0 saturated heterocycles. The van der Waals surface area contributed by atoms with Gasteiger partial charge in [0.1, 0.15) is 0 Å². The number of aliphatic hydroxyl groups is 1. The molecule has 8 heteroatoms. The first kappa shape index (κ1) is 15.1. The van der Waals surface area contributed by atoms with Crippen LogP contribution in [0, 0.1) is 0 Å². The van der Waals surface area contributed by atoms with Gasteiger partial charge in [0.15, 0.2) is 0 Å². The SMILES string of the molecule is O=C(N(CCO)C1CCCC1)C(F)(F)C(F)(F)F. The maximum absolute atomic E-state index is 13.0. The second-order valence-electron chi connectivity index (χ2n) is 4.23. The van der Waals surface area contributed by atoms with E-state index in [2.05, 4.69) is 0 Å². The summed E-state index contributed by atoms with van der Waals surface area (Å²) in [7, 11) is 0. The van der Waals surface area contributed by atoms with Crippen LogP contribution in [0.3, 0.4) is 0 Å². The van der Waals surface area contributed by atoms with Crippen molar-refractivity contribution in [3.8, 4) is 0 Å². The molecular formula is C10H14F5NO2. The van der Waals surface area contributed by atoms with Crippen molar-refractivity contribution in [1.82, 2.24) is 4.90 Å². The first-order valence-corrected chi connectivity index (χ1v) is 5.58. The maximum atomic E-state index is 13.0. The minimum absolute atomic E-state index is 0.389. The van der Waals surface area contributed by atoms with Gasteiger partial charge in [-0.05, 0) is 12.8 Å². The number of rotatable bonds is 4. The standard InChI is InChI=1S/C10H14F5NO2/c11-9(12,10(13,14)15)8(18)16(5-6-17)7-3-1-2-4-7/h7,17H,1-6H2. The monoisotopic (exact) mass is 275 g/mol. The molecule has 1 saturated carbocycles. The number of carbonyl (C=O) groups is 1. The van der Waals surface area contributed by atoms with Gasteiger partial charge in [-0.25, -0.2) is 0 Å². The van der Waals surface area contributed by atoms with E-state index in [0.29, 0.717) is 30.6 Å². The van der Waals surface area contributed by atoms with Crippen LogP contribution in [0.4, 0.5) is 22.0 Å². The zero-order valence-corrected chi connectivity index (χ0v) is 9.51. The average molecular weight is 275 g/mol. The van der Waals surface area contributed by atoms with E-state index in [1.807, 2.05) is 0 Å². The Morgan fingerprint density at radius 2 is 1.67 bits per heavy atom. The third-order valence-electron chi connectivity index (χ3n) is 2.99. The van der Waals surface area contributed by atoms with Crippen molar-refractivity contribution in [2.75, 3.05) is 13.2 Å². The number of alkyl halides is 5. The summed E-state index contributed by atoms with van der Waals surface area (Å²) in [6.07, 6.45) is -3.77. The summed E-state index contributed by atoms with van der Waals surface area (Å²) < 4.78 is 62.2. The predicted molar refractivity (Wildman–Crippen MR) is 52.1 cm³/mol. The summed E-state index contributed by atoms with van der Waals surface area (Å²) in [5.74, 6) is -7.67. The lowest BCUT2D eigenvalue weighted by Gasteiger charge is -2.32. The van der Waals surface area contributed by atoms with Gasteiger partial charge in [-0.15, -0.1) is 0 Å². The zero-order valence-electron chi connectivity index (χ0n) is 9.51. The Labute approximate surface area is 101 Å². The second-order valence-corrected chi connectivity index (χ2v) is 4.23. The van der Waals surface area contributed by atoms with E-state index >= 15 is 0 Å². The second kappa shape index (κ2) is 5.38. The molecule has 0 aromatic heterocycles. The summed E-state index contributed by atoms with van der Waals surface area (Å²) in [6, 6.07) is -0.641. The molecule has 0 spiro atoms. The van der Waals surface area contributed by atoms with Gasteiger partial charge >= 0.3 is 18.0 Å². The van der Waals surface area contributed by atoms with Crippen LogP contribution < -0.4 is 0 Å². The molecule has 0 aliphatic heterocycles. The van der Waals surface area contributed by atoms with E-state index in [1.165, 1.54) is 0 Å². The molecule has 0 bridgehead atoms. The Morgan fingerprint density at radius 1 is 1.17 bits per heavy atom. The molecule has 0 unspecified atom stereocenters. The topological polar surface area (TPSA) is 40.5 Å². The zero-order chi connectivity index (χ0) is 14.0. The van der Waals surface area contributed by atoms with Gasteiger partial charge in [0.05, 0.1) is 6.61 Å². The third kappa shape index (κ3) is 2.90. The highest BCUT2D eigenvalue weighted by molar-refractivity contribution is 5.84. The van der Waals surface area contributed by atoms with E-state index in [0.717, 1.165) is 0 Å². The van der Waals surface area contributed by atoms with Gasteiger partial charge in [-0.3, -0.25) is 4.79 Å². The lowest BCUT2D eigenvalue weighted by molar-refractivity contribution is -0.275. The minimum atomic E-state index is -5.91. The highest BCUT2D eigenvalue weighted by atomic mass is 19.4. The minimum Gasteiger partial charge on any atom is -0.395 e. The molecule has 0 aromatic rings. The molecule has 0 radical (unpaired) electrons. The molecular weight excluding hydrogens is 261 g/mol. The molecule has 1 amide bonds. The normalized spacial score (nSPS) is 18.1. The molecule has 3 nitrogen and oxygen atoms in total. The molecule has 1 aliphatic rings. The molecule has 0 heterocycles.